The molecule has 21 heavy (non-hydrogen) atoms. The first-order chi connectivity index (χ1) is 10.00. The van der Waals surface area contributed by atoms with E-state index >= 15 is 0 Å². The monoisotopic (exact) mass is 295 g/mol. The van der Waals surface area contributed by atoms with Gasteiger partial charge in [-0.1, -0.05) is 19.3 Å². The molecular weight excluding hydrogens is 270 g/mol. The Labute approximate surface area is 125 Å². The lowest BCUT2D eigenvalue weighted by atomic mass is 9.82. The predicted octanol–water partition coefficient (Wildman–Crippen LogP) is 1.31. The van der Waals surface area contributed by atoms with E-state index in [1.165, 1.54) is 4.90 Å². The van der Waals surface area contributed by atoms with E-state index in [4.69, 9.17) is 4.74 Å². The Morgan fingerprint density at radius 1 is 1.14 bits per heavy atom. The van der Waals surface area contributed by atoms with Crippen LogP contribution in [0, 0.1) is 0 Å². The molecule has 1 spiro atoms. The molecule has 6 heteroatoms. The van der Waals surface area contributed by atoms with Crippen molar-refractivity contribution in [3.05, 3.63) is 0 Å². The largest absolute Gasteiger partial charge is 0.373 e. The van der Waals surface area contributed by atoms with Gasteiger partial charge in [-0.3, -0.25) is 9.69 Å². The highest BCUT2D eigenvalue weighted by molar-refractivity contribution is 6.07. The number of imide groups is 1. The summed E-state index contributed by atoms with van der Waals surface area (Å²) in [6.07, 6.45) is 5.03. The van der Waals surface area contributed by atoms with E-state index < -0.39 is 5.54 Å². The summed E-state index contributed by atoms with van der Waals surface area (Å²) in [6, 6.07) is -0.228. The molecule has 3 rings (SSSR count). The Balaban J connectivity index is 1.68. The normalized spacial score (nSPS) is 33.5. The van der Waals surface area contributed by atoms with Gasteiger partial charge in [0.15, 0.2) is 0 Å². The van der Waals surface area contributed by atoms with Gasteiger partial charge in [0.25, 0.3) is 5.91 Å². The van der Waals surface area contributed by atoms with Crippen LogP contribution in [0.4, 0.5) is 4.79 Å². The van der Waals surface area contributed by atoms with Crippen molar-refractivity contribution in [1.82, 2.24) is 15.1 Å². The number of nitrogens with zero attached hydrogens (tertiary/aromatic N) is 2. The van der Waals surface area contributed by atoms with Gasteiger partial charge in [0, 0.05) is 13.1 Å². The number of hydrogen-bond acceptors (Lipinski definition) is 4. The van der Waals surface area contributed by atoms with Gasteiger partial charge in [-0.2, -0.15) is 0 Å². The van der Waals surface area contributed by atoms with Gasteiger partial charge in [0.2, 0.25) is 0 Å². The SMILES string of the molecule is C[C@@H]1CN(CN2C(=O)NC3(CCCCC3)C2=O)C[C@H](C)O1. The predicted molar refractivity (Wildman–Crippen MR) is 77.6 cm³/mol. The molecule has 2 heterocycles. The number of amides is 3. The van der Waals surface area contributed by atoms with Crippen LogP contribution in [-0.4, -0.2) is 59.2 Å². The maximum Gasteiger partial charge on any atom is 0.326 e. The van der Waals surface area contributed by atoms with E-state index in [9.17, 15) is 9.59 Å². The fourth-order valence-corrected chi connectivity index (χ4v) is 3.90. The Kier molecular flexibility index (Phi) is 3.92. The van der Waals surface area contributed by atoms with Crippen molar-refractivity contribution in [3.8, 4) is 0 Å². The van der Waals surface area contributed by atoms with E-state index in [1.54, 1.807) is 0 Å². The molecule has 1 aliphatic carbocycles. The molecule has 2 saturated heterocycles. The van der Waals surface area contributed by atoms with Crippen LogP contribution in [0.3, 0.4) is 0 Å². The second kappa shape index (κ2) is 5.57. The third-order valence-electron chi connectivity index (χ3n) is 4.79. The van der Waals surface area contributed by atoms with Crippen molar-refractivity contribution >= 4 is 11.9 Å². The number of nitrogens with one attached hydrogen (secondary N) is 1. The Bertz CT molecular complexity index is 424. The van der Waals surface area contributed by atoms with E-state index in [0.29, 0.717) is 6.67 Å². The number of ether oxygens (including phenoxy) is 1. The zero-order valence-electron chi connectivity index (χ0n) is 12.9. The van der Waals surface area contributed by atoms with Crippen molar-refractivity contribution in [2.45, 2.75) is 63.7 Å². The third-order valence-corrected chi connectivity index (χ3v) is 4.79. The molecule has 6 nitrogen and oxygen atoms in total. The third kappa shape index (κ3) is 2.79. The molecule has 0 aromatic heterocycles. The summed E-state index contributed by atoms with van der Waals surface area (Å²) in [6.45, 7) is 5.95. The van der Waals surface area contributed by atoms with E-state index in [1.807, 2.05) is 13.8 Å². The zero-order valence-corrected chi connectivity index (χ0v) is 12.9. The van der Waals surface area contributed by atoms with Crippen LogP contribution in [0.2, 0.25) is 0 Å². The first-order valence-electron chi connectivity index (χ1n) is 8.02. The molecule has 2 atom stereocenters. The topological polar surface area (TPSA) is 61.9 Å². The summed E-state index contributed by atoms with van der Waals surface area (Å²) in [7, 11) is 0. The number of rotatable bonds is 2. The lowest BCUT2D eigenvalue weighted by molar-refractivity contribution is -0.136. The van der Waals surface area contributed by atoms with Gasteiger partial charge in [0.05, 0.1) is 18.9 Å². The van der Waals surface area contributed by atoms with Crippen LogP contribution >= 0.6 is 0 Å². The summed E-state index contributed by atoms with van der Waals surface area (Å²) >= 11 is 0. The lowest BCUT2D eigenvalue weighted by Crippen LogP contribution is -2.52. The van der Waals surface area contributed by atoms with Crippen LogP contribution in [0.5, 0.6) is 0 Å². The number of hydrogen-bond donors (Lipinski definition) is 1. The highest BCUT2D eigenvalue weighted by Crippen LogP contribution is 2.33. The second-order valence-corrected chi connectivity index (χ2v) is 6.74. The van der Waals surface area contributed by atoms with Gasteiger partial charge >= 0.3 is 6.03 Å². The van der Waals surface area contributed by atoms with Crippen molar-refractivity contribution in [2.24, 2.45) is 0 Å². The molecule has 1 saturated carbocycles. The minimum Gasteiger partial charge on any atom is -0.373 e. The molecule has 0 radical (unpaired) electrons. The van der Waals surface area contributed by atoms with E-state index in [2.05, 4.69) is 10.2 Å². The Hall–Kier alpha value is -1.14. The summed E-state index contributed by atoms with van der Waals surface area (Å²) in [5.41, 5.74) is -0.612. The standard InChI is InChI=1S/C15H25N3O3/c1-11-8-17(9-12(2)21-11)10-18-13(19)15(16-14(18)20)6-4-3-5-7-15/h11-12H,3-10H2,1-2H3,(H,16,20)/t11-,12+. The fourth-order valence-electron chi connectivity index (χ4n) is 3.90. The molecule has 0 aromatic carbocycles. The molecule has 2 aliphatic heterocycles. The molecule has 3 fully saturated rings. The molecule has 0 unspecified atom stereocenters. The molecule has 118 valence electrons. The Morgan fingerprint density at radius 2 is 1.76 bits per heavy atom. The molecule has 3 amide bonds. The first-order valence-corrected chi connectivity index (χ1v) is 8.02. The van der Waals surface area contributed by atoms with E-state index in [0.717, 1.165) is 45.2 Å². The van der Waals surface area contributed by atoms with Crippen molar-refractivity contribution in [1.29, 1.82) is 0 Å². The molecular formula is C15H25N3O3. The summed E-state index contributed by atoms with van der Waals surface area (Å²) < 4.78 is 5.70. The molecule has 0 aromatic rings. The molecule has 3 aliphatic rings. The average Bonchev–Trinajstić information content (AvgIpc) is 2.63. The van der Waals surface area contributed by atoms with Gasteiger partial charge in [-0.15, -0.1) is 0 Å². The maximum absolute atomic E-state index is 12.7. The van der Waals surface area contributed by atoms with Crippen molar-refractivity contribution in [2.75, 3.05) is 19.8 Å². The number of urea groups is 1. The fraction of sp³-hybridized carbons (Fsp3) is 0.867. The maximum atomic E-state index is 12.7. The van der Waals surface area contributed by atoms with Crippen molar-refractivity contribution in [3.63, 3.8) is 0 Å². The number of carbonyl (C=O) groups is 2. The van der Waals surface area contributed by atoms with Gasteiger partial charge in [-0.25, -0.2) is 9.69 Å². The van der Waals surface area contributed by atoms with Gasteiger partial charge in [0.1, 0.15) is 5.54 Å². The minimum absolute atomic E-state index is 0.0287. The first kappa shape index (κ1) is 14.8. The number of morpholine rings is 1. The van der Waals surface area contributed by atoms with Crippen LogP contribution in [0.15, 0.2) is 0 Å². The molecule has 1 N–H and O–H groups in total. The van der Waals surface area contributed by atoms with Crippen molar-refractivity contribution < 1.29 is 14.3 Å². The van der Waals surface area contributed by atoms with Gasteiger partial charge in [-0.05, 0) is 26.7 Å². The summed E-state index contributed by atoms with van der Waals surface area (Å²) in [4.78, 5) is 28.5. The highest BCUT2D eigenvalue weighted by Gasteiger charge is 2.51. The quantitative estimate of drug-likeness (QED) is 0.780. The number of carbonyl (C=O) groups excluding carboxylic acids is 2. The van der Waals surface area contributed by atoms with Crippen LogP contribution in [-0.2, 0) is 9.53 Å². The van der Waals surface area contributed by atoms with E-state index in [-0.39, 0.29) is 24.1 Å². The Morgan fingerprint density at radius 3 is 2.38 bits per heavy atom. The van der Waals surface area contributed by atoms with Crippen LogP contribution in [0.25, 0.3) is 0 Å². The summed E-state index contributed by atoms with van der Waals surface area (Å²) in [5, 5.41) is 2.96. The average molecular weight is 295 g/mol. The smallest absolute Gasteiger partial charge is 0.326 e. The summed E-state index contributed by atoms with van der Waals surface area (Å²) in [5.74, 6) is -0.0287. The lowest BCUT2D eigenvalue weighted by Gasteiger charge is -2.37. The molecule has 0 bridgehead atoms. The second-order valence-electron chi connectivity index (χ2n) is 6.74. The van der Waals surface area contributed by atoms with Gasteiger partial charge < -0.3 is 10.1 Å². The van der Waals surface area contributed by atoms with Crippen LogP contribution < -0.4 is 5.32 Å². The minimum atomic E-state index is -0.612. The van der Waals surface area contributed by atoms with Crippen LogP contribution in [0.1, 0.15) is 46.0 Å². The zero-order chi connectivity index (χ0) is 15.0. The highest BCUT2D eigenvalue weighted by atomic mass is 16.5.